The lowest BCUT2D eigenvalue weighted by Gasteiger charge is -2.44. The molecule has 1 fully saturated rings. The molecule has 3 N–H and O–H groups in total. The molecule has 160 valence electrons. The van der Waals surface area contributed by atoms with Crippen LogP contribution in [0.1, 0.15) is 25.0 Å². The molecule has 1 saturated heterocycles. The van der Waals surface area contributed by atoms with Gasteiger partial charge in [0.05, 0.1) is 11.9 Å². The van der Waals surface area contributed by atoms with Gasteiger partial charge in [-0.15, -0.1) is 0 Å². The molecule has 2 aromatic carbocycles. The predicted molar refractivity (Wildman–Crippen MR) is 122 cm³/mol. The summed E-state index contributed by atoms with van der Waals surface area (Å²) in [5, 5.41) is 3.66. The molecule has 0 bridgehead atoms. The predicted octanol–water partition coefficient (Wildman–Crippen LogP) is 3.27. The van der Waals surface area contributed by atoms with Gasteiger partial charge in [-0.05, 0) is 44.1 Å². The average molecular weight is 432 g/mol. The normalized spacial score (nSPS) is 17.6. The van der Waals surface area contributed by atoms with E-state index in [1.807, 2.05) is 23.1 Å². The van der Waals surface area contributed by atoms with E-state index < -0.39 is 11.6 Å². The van der Waals surface area contributed by atoms with Crippen LogP contribution >= 0.6 is 12.2 Å². The fourth-order valence-corrected chi connectivity index (χ4v) is 3.95. The summed E-state index contributed by atoms with van der Waals surface area (Å²) in [7, 11) is 0. The second-order valence-corrected chi connectivity index (χ2v) is 8.12. The number of hydrogen-bond donors (Lipinski definition) is 2. The Balaban J connectivity index is 1.80. The molecule has 8 heteroatoms. The van der Waals surface area contributed by atoms with E-state index in [1.54, 1.807) is 0 Å². The van der Waals surface area contributed by atoms with Crippen molar-refractivity contribution in [1.29, 1.82) is 0 Å². The second-order valence-electron chi connectivity index (χ2n) is 7.68. The van der Waals surface area contributed by atoms with Gasteiger partial charge in [0, 0.05) is 43.3 Å². The van der Waals surface area contributed by atoms with Crippen molar-refractivity contribution in [2.24, 2.45) is 10.8 Å². The summed E-state index contributed by atoms with van der Waals surface area (Å²) in [4.78, 5) is 4.36. The average Bonchev–Trinajstić information content (AvgIpc) is 2.70. The topological polar surface area (TPSA) is 56.9 Å². The summed E-state index contributed by atoms with van der Waals surface area (Å²) in [6, 6.07) is 13.2. The minimum absolute atomic E-state index is 0.0293. The Labute approximate surface area is 181 Å². The highest BCUT2D eigenvalue weighted by Gasteiger charge is 2.30. The number of anilines is 1. The molecule has 0 aliphatic carbocycles. The molecule has 5 nitrogen and oxygen atoms in total. The van der Waals surface area contributed by atoms with Crippen molar-refractivity contribution in [3.8, 4) is 0 Å². The molecular weight excluding hydrogens is 404 g/mol. The first kappa shape index (κ1) is 22.1. The number of nitrogens with zero attached hydrogens (tertiary/aromatic N) is 3. The first-order valence-electron chi connectivity index (χ1n) is 9.97. The maximum atomic E-state index is 14.9. The number of benzene rings is 2. The van der Waals surface area contributed by atoms with Crippen molar-refractivity contribution in [3.63, 3.8) is 0 Å². The molecule has 3 rings (SSSR count). The van der Waals surface area contributed by atoms with E-state index in [1.165, 1.54) is 11.6 Å². The summed E-state index contributed by atoms with van der Waals surface area (Å²) < 4.78 is 29.4. The van der Waals surface area contributed by atoms with Crippen molar-refractivity contribution in [2.75, 3.05) is 24.5 Å². The van der Waals surface area contributed by atoms with E-state index in [9.17, 15) is 8.78 Å². The lowest BCUT2D eigenvalue weighted by atomic mass is 10.00. The van der Waals surface area contributed by atoms with Gasteiger partial charge < -0.3 is 10.6 Å². The summed E-state index contributed by atoms with van der Waals surface area (Å²) in [6.45, 7) is 6.39. The monoisotopic (exact) mass is 431 g/mol. The molecular formula is C22H27F2N5S. The van der Waals surface area contributed by atoms with Gasteiger partial charge in [0.15, 0.2) is 5.11 Å². The fraction of sp³-hybridized carbons (Fsp3) is 0.364. The molecule has 30 heavy (non-hydrogen) atoms. The van der Waals surface area contributed by atoms with Crippen LogP contribution in [0, 0.1) is 11.6 Å². The van der Waals surface area contributed by atoms with Gasteiger partial charge in [-0.1, -0.05) is 30.3 Å². The molecule has 1 aliphatic heterocycles. The highest BCUT2D eigenvalue weighted by molar-refractivity contribution is 7.80. The third-order valence-electron chi connectivity index (χ3n) is 5.29. The van der Waals surface area contributed by atoms with E-state index >= 15 is 0 Å². The zero-order chi connectivity index (χ0) is 21.7. The second kappa shape index (κ2) is 9.95. The Morgan fingerprint density at radius 3 is 2.63 bits per heavy atom. The van der Waals surface area contributed by atoms with E-state index in [2.05, 4.69) is 53.6 Å². The van der Waals surface area contributed by atoms with Gasteiger partial charge in [0.1, 0.15) is 11.6 Å². The van der Waals surface area contributed by atoms with Crippen LogP contribution < -0.4 is 16.1 Å². The number of thiocarbonyl (C=S) groups is 1. The summed E-state index contributed by atoms with van der Waals surface area (Å²) in [5.74, 6) is -1.03. The zero-order valence-corrected chi connectivity index (χ0v) is 18.0. The number of piperazine rings is 1. The Bertz CT molecular complexity index is 904. The molecule has 0 radical (unpaired) electrons. The maximum absolute atomic E-state index is 14.9. The molecule has 1 aliphatic rings. The Hall–Kier alpha value is -2.58. The number of nitrogens with one attached hydrogen (secondary N) is 1. The van der Waals surface area contributed by atoms with E-state index in [-0.39, 0.29) is 22.4 Å². The number of rotatable bonds is 6. The van der Waals surface area contributed by atoms with Gasteiger partial charge in [0.2, 0.25) is 0 Å². The lowest BCUT2D eigenvalue weighted by molar-refractivity contribution is 0.136. The van der Waals surface area contributed by atoms with Gasteiger partial charge in [-0.25, -0.2) is 8.78 Å². The molecule has 0 amide bonds. The number of halogens is 2. The van der Waals surface area contributed by atoms with Crippen LogP contribution in [-0.2, 0) is 6.42 Å². The molecule has 1 atom stereocenters. The minimum Gasteiger partial charge on any atom is -0.375 e. The van der Waals surface area contributed by atoms with Crippen molar-refractivity contribution >= 4 is 29.2 Å². The first-order chi connectivity index (χ1) is 14.3. The van der Waals surface area contributed by atoms with E-state index in [0.717, 1.165) is 25.2 Å². The quantitative estimate of drug-likeness (QED) is 0.418. The molecule has 0 saturated carbocycles. The van der Waals surface area contributed by atoms with Gasteiger partial charge in [-0.3, -0.25) is 10.3 Å². The van der Waals surface area contributed by atoms with Crippen LogP contribution in [0.15, 0.2) is 47.6 Å². The highest BCUT2D eigenvalue weighted by atomic mass is 32.1. The number of hydrazone groups is 1. The third-order valence-corrected chi connectivity index (χ3v) is 5.38. The first-order valence-corrected chi connectivity index (χ1v) is 10.4. The zero-order valence-electron chi connectivity index (χ0n) is 17.2. The minimum atomic E-state index is -0.550. The van der Waals surface area contributed by atoms with Gasteiger partial charge in [-0.2, -0.15) is 5.10 Å². The van der Waals surface area contributed by atoms with E-state index in [4.69, 9.17) is 5.73 Å². The van der Waals surface area contributed by atoms with Crippen molar-refractivity contribution in [1.82, 2.24) is 10.3 Å². The Morgan fingerprint density at radius 2 is 1.97 bits per heavy atom. The Morgan fingerprint density at radius 1 is 1.23 bits per heavy atom. The number of hydrogen-bond acceptors (Lipinski definition) is 4. The van der Waals surface area contributed by atoms with E-state index in [0.29, 0.717) is 19.1 Å². The molecule has 0 spiro atoms. The molecule has 2 aromatic rings. The van der Waals surface area contributed by atoms with Crippen LogP contribution in [0.5, 0.6) is 0 Å². The van der Waals surface area contributed by atoms with Crippen LogP contribution in [-0.4, -0.2) is 47.9 Å². The summed E-state index contributed by atoms with van der Waals surface area (Å²) in [5.41, 5.74) is 9.15. The molecule has 1 heterocycles. The van der Waals surface area contributed by atoms with Crippen molar-refractivity contribution < 1.29 is 8.78 Å². The van der Waals surface area contributed by atoms with Crippen molar-refractivity contribution in [2.45, 2.75) is 32.4 Å². The summed E-state index contributed by atoms with van der Waals surface area (Å²) in [6.07, 6.45) is 2.02. The van der Waals surface area contributed by atoms with Gasteiger partial charge in [0.25, 0.3) is 0 Å². The standard InChI is InChI=1S/C22H27F2N5S/c1-15(2)29-9-8-28(14-18(29)10-16-6-4-3-5-7-16)21-12-19(23)17(11-20(21)24)13-26-27-22(25)30/h3-7,11-13,15,18H,8-10,14H2,1-2H3,(H3,25,27,30)/b26-13+/t18-/m0/s1. The highest BCUT2D eigenvalue weighted by Crippen LogP contribution is 2.27. The lowest BCUT2D eigenvalue weighted by Crippen LogP contribution is -2.56. The van der Waals surface area contributed by atoms with Gasteiger partial charge >= 0.3 is 0 Å². The van der Waals surface area contributed by atoms with Crippen LogP contribution in [0.25, 0.3) is 0 Å². The van der Waals surface area contributed by atoms with Crippen molar-refractivity contribution in [3.05, 3.63) is 65.2 Å². The smallest absolute Gasteiger partial charge is 0.184 e. The molecule has 0 unspecified atom stereocenters. The number of nitrogens with two attached hydrogens (primary N) is 1. The van der Waals surface area contributed by atoms with Crippen LogP contribution in [0.4, 0.5) is 14.5 Å². The largest absolute Gasteiger partial charge is 0.375 e. The third kappa shape index (κ3) is 5.52. The van der Waals surface area contributed by atoms with Crippen LogP contribution in [0.2, 0.25) is 0 Å². The maximum Gasteiger partial charge on any atom is 0.184 e. The Kier molecular flexibility index (Phi) is 7.33. The molecule has 0 aromatic heterocycles. The SMILES string of the molecule is CC(C)N1CCN(c2cc(F)c(/C=N/NC(N)=S)cc2F)C[C@@H]1Cc1ccccc1. The van der Waals surface area contributed by atoms with Crippen LogP contribution in [0.3, 0.4) is 0 Å². The summed E-state index contributed by atoms with van der Waals surface area (Å²) >= 11 is 4.64. The fourth-order valence-electron chi connectivity index (χ4n) is 3.89.